The average molecular weight is 477 g/mol. The molecule has 2 atom stereocenters. The Labute approximate surface area is 205 Å². The minimum atomic E-state index is -1.05. The van der Waals surface area contributed by atoms with Gasteiger partial charge in [-0.3, -0.25) is 24.4 Å². The van der Waals surface area contributed by atoms with Crippen LogP contribution in [0, 0.1) is 26.7 Å². The molecule has 8 nitrogen and oxygen atoms in total. The van der Waals surface area contributed by atoms with E-state index in [1.165, 1.54) is 10.6 Å². The molecule has 0 fully saturated rings. The number of carbonyl (C=O) groups excluding carboxylic acids is 1. The monoisotopic (exact) mass is 476 g/mol. The first-order valence-corrected chi connectivity index (χ1v) is 11.6. The van der Waals surface area contributed by atoms with Gasteiger partial charge in [0.1, 0.15) is 6.04 Å². The first-order valence-electron chi connectivity index (χ1n) is 11.6. The molecule has 35 heavy (non-hydrogen) atoms. The average Bonchev–Trinajstić information content (AvgIpc) is 2.77. The number of aromatic nitrogens is 3. The molecular weight excluding hydrogens is 444 g/mol. The van der Waals surface area contributed by atoms with Gasteiger partial charge < -0.3 is 15.0 Å². The number of aliphatic carboxylic acids is 1. The van der Waals surface area contributed by atoms with Gasteiger partial charge in [-0.2, -0.15) is 0 Å². The topological polar surface area (TPSA) is 114 Å². The molecule has 3 heterocycles. The highest BCUT2D eigenvalue weighted by Gasteiger charge is 2.27. The molecule has 1 unspecified atom stereocenters. The lowest BCUT2D eigenvalue weighted by molar-refractivity contribution is -0.138. The fourth-order valence-electron chi connectivity index (χ4n) is 4.25. The minimum Gasteiger partial charge on any atom is -0.481 e. The number of rotatable bonds is 9. The Bertz CT molecular complexity index is 1260. The van der Waals surface area contributed by atoms with Gasteiger partial charge >= 0.3 is 5.97 Å². The lowest BCUT2D eigenvalue weighted by Gasteiger charge is -2.25. The SMILES string of the molecule is Cc1ccn(C(CC(C)C)C(=O)N[C@H](CC(=O)O)c2cncc(-c3c(C)ccnc3C)c2)c(=O)c1. The van der Waals surface area contributed by atoms with Gasteiger partial charge in [-0.1, -0.05) is 13.8 Å². The summed E-state index contributed by atoms with van der Waals surface area (Å²) in [6.45, 7) is 9.64. The molecule has 2 N–H and O–H groups in total. The Hall–Kier alpha value is -3.81. The molecule has 3 aromatic rings. The van der Waals surface area contributed by atoms with Crippen molar-refractivity contribution in [2.75, 3.05) is 0 Å². The zero-order valence-electron chi connectivity index (χ0n) is 20.8. The summed E-state index contributed by atoms with van der Waals surface area (Å²) in [5.41, 5.74) is 4.68. The molecule has 3 aromatic heterocycles. The van der Waals surface area contributed by atoms with Crippen molar-refractivity contribution in [3.05, 3.63) is 81.8 Å². The van der Waals surface area contributed by atoms with E-state index >= 15 is 0 Å². The number of carbonyl (C=O) groups is 2. The molecule has 0 aliphatic carbocycles. The predicted molar refractivity (Wildman–Crippen MR) is 134 cm³/mol. The van der Waals surface area contributed by atoms with E-state index in [1.54, 1.807) is 30.9 Å². The highest BCUT2D eigenvalue weighted by molar-refractivity contribution is 5.82. The van der Waals surface area contributed by atoms with Crippen molar-refractivity contribution in [2.24, 2.45) is 5.92 Å². The van der Waals surface area contributed by atoms with Crippen LogP contribution in [0.15, 0.2) is 53.8 Å². The van der Waals surface area contributed by atoms with Gasteiger partial charge in [0, 0.05) is 47.7 Å². The van der Waals surface area contributed by atoms with Crippen molar-refractivity contribution < 1.29 is 14.7 Å². The van der Waals surface area contributed by atoms with E-state index in [2.05, 4.69) is 15.3 Å². The summed E-state index contributed by atoms with van der Waals surface area (Å²) in [5.74, 6) is -1.32. The Morgan fingerprint density at radius 3 is 2.49 bits per heavy atom. The first kappa shape index (κ1) is 25.8. The minimum absolute atomic E-state index is 0.137. The van der Waals surface area contributed by atoms with Crippen LogP contribution in [0.25, 0.3) is 11.1 Å². The number of hydrogen-bond donors (Lipinski definition) is 2. The molecule has 0 spiro atoms. The molecule has 0 aliphatic heterocycles. The largest absolute Gasteiger partial charge is 0.481 e. The van der Waals surface area contributed by atoms with Crippen LogP contribution < -0.4 is 10.9 Å². The first-order chi connectivity index (χ1) is 16.6. The molecule has 1 amide bonds. The van der Waals surface area contributed by atoms with E-state index in [0.29, 0.717) is 12.0 Å². The van der Waals surface area contributed by atoms with Crippen molar-refractivity contribution in [3.8, 4) is 11.1 Å². The van der Waals surface area contributed by atoms with Crippen molar-refractivity contribution >= 4 is 11.9 Å². The molecule has 0 saturated carbocycles. The molecule has 0 bridgehead atoms. The van der Waals surface area contributed by atoms with Gasteiger partial charge in [-0.05, 0) is 68.0 Å². The van der Waals surface area contributed by atoms with E-state index in [4.69, 9.17) is 0 Å². The molecular formula is C27H32N4O4. The van der Waals surface area contributed by atoms with Crippen molar-refractivity contribution in [2.45, 2.75) is 59.5 Å². The highest BCUT2D eigenvalue weighted by atomic mass is 16.4. The molecule has 184 valence electrons. The summed E-state index contributed by atoms with van der Waals surface area (Å²) in [7, 11) is 0. The third-order valence-electron chi connectivity index (χ3n) is 5.93. The van der Waals surface area contributed by atoms with Crippen LogP contribution in [-0.2, 0) is 9.59 Å². The maximum absolute atomic E-state index is 13.5. The second-order valence-electron chi connectivity index (χ2n) is 9.35. The Morgan fingerprint density at radius 2 is 1.86 bits per heavy atom. The highest BCUT2D eigenvalue weighted by Crippen LogP contribution is 2.29. The van der Waals surface area contributed by atoms with Gasteiger partial charge in [-0.25, -0.2) is 0 Å². The molecule has 8 heteroatoms. The number of pyridine rings is 3. The van der Waals surface area contributed by atoms with Crippen LogP contribution in [0.1, 0.15) is 61.2 Å². The zero-order chi connectivity index (χ0) is 25.7. The van der Waals surface area contributed by atoms with E-state index in [1.807, 2.05) is 46.8 Å². The van der Waals surface area contributed by atoms with Crippen LogP contribution >= 0.6 is 0 Å². The third kappa shape index (κ3) is 6.41. The van der Waals surface area contributed by atoms with Crippen molar-refractivity contribution in [1.29, 1.82) is 0 Å². The molecule has 0 aromatic carbocycles. The van der Waals surface area contributed by atoms with Crippen LogP contribution in [0.3, 0.4) is 0 Å². The van der Waals surface area contributed by atoms with Gasteiger partial charge in [0.2, 0.25) is 5.91 Å². The second-order valence-corrected chi connectivity index (χ2v) is 9.35. The van der Waals surface area contributed by atoms with Crippen molar-refractivity contribution in [1.82, 2.24) is 19.9 Å². The lowest BCUT2D eigenvalue weighted by atomic mass is 9.96. The fraction of sp³-hybridized carbons (Fsp3) is 0.370. The maximum Gasteiger partial charge on any atom is 0.305 e. The standard InChI is InChI=1S/C27H32N4O4/c1-16(2)10-23(31-9-7-17(3)11-24(31)32)27(35)30-22(13-25(33)34)20-12-21(15-28-14-20)26-18(4)6-8-29-19(26)5/h6-9,11-12,14-16,22-23H,10,13H2,1-5H3,(H,30,35)(H,33,34)/t22-,23?/m1/s1. The molecule has 3 rings (SSSR count). The maximum atomic E-state index is 13.5. The van der Waals surface area contributed by atoms with Crippen LogP contribution in [0.2, 0.25) is 0 Å². The normalized spacial score (nSPS) is 12.9. The van der Waals surface area contributed by atoms with Crippen LogP contribution in [0.4, 0.5) is 0 Å². The van der Waals surface area contributed by atoms with Gasteiger partial charge in [-0.15, -0.1) is 0 Å². The quantitative estimate of drug-likeness (QED) is 0.480. The number of hydrogen-bond acceptors (Lipinski definition) is 5. The number of aryl methyl sites for hydroxylation is 3. The molecule has 0 aliphatic rings. The third-order valence-corrected chi connectivity index (χ3v) is 5.93. The number of nitrogens with zero attached hydrogens (tertiary/aromatic N) is 3. The van der Waals surface area contributed by atoms with E-state index in [0.717, 1.165) is 27.9 Å². The summed E-state index contributed by atoms with van der Waals surface area (Å²) in [6.07, 6.45) is 6.73. The Morgan fingerprint density at radius 1 is 1.11 bits per heavy atom. The smallest absolute Gasteiger partial charge is 0.305 e. The van der Waals surface area contributed by atoms with Gasteiger partial charge in [0.25, 0.3) is 5.56 Å². The zero-order valence-corrected chi connectivity index (χ0v) is 20.8. The number of nitrogens with one attached hydrogen (secondary N) is 1. The van der Waals surface area contributed by atoms with Crippen molar-refractivity contribution in [3.63, 3.8) is 0 Å². The fourth-order valence-corrected chi connectivity index (χ4v) is 4.25. The predicted octanol–water partition coefficient (Wildman–Crippen LogP) is 4.15. The lowest BCUT2D eigenvalue weighted by Crippen LogP contribution is -2.40. The van der Waals surface area contributed by atoms with Crippen LogP contribution in [0.5, 0.6) is 0 Å². The van der Waals surface area contributed by atoms with Gasteiger partial charge in [0.15, 0.2) is 0 Å². The van der Waals surface area contributed by atoms with Crippen LogP contribution in [-0.4, -0.2) is 31.5 Å². The van der Waals surface area contributed by atoms with E-state index in [9.17, 15) is 19.5 Å². The number of carboxylic acids is 1. The van der Waals surface area contributed by atoms with E-state index < -0.39 is 24.0 Å². The summed E-state index contributed by atoms with van der Waals surface area (Å²) in [5, 5.41) is 12.5. The second kappa shape index (κ2) is 11.1. The summed E-state index contributed by atoms with van der Waals surface area (Å²) >= 11 is 0. The molecule has 0 saturated heterocycles. The van der Waals surface area contributed by atoms with Gasteiger partial charge in [0.05, 0.1) is 12.5 Å². The number of amides is 1. The Kier molecular flexibility index (Phi) is 8.17. The number of carboxylic acid groups (broad SMARTS) is 1. The molecule has 0 radical (unpaired) electrons. The Balaban J connectivity index is 1.98. The summed E-state index contributed by atoms with van der Waals surface area (Å²) in [6, 6.07) is 5.43. The van der Waals surface area contributed by atoms with E-state index in [-0.39, 0.29) is 17.9 Å². The summed E-state index contributed by atoms with van der Waals surface area (Å²) in [4.78, 5) is 46.5. The summed E-state index contributed by atoms with van der Waals surface area (Å²) < 4.78 is 1.41.